The predicted molar refractivity (Wildman–Crippen MR) is 104 cm³/mol. The van der Waals surface area contributed by atoms with Gasteiger partial charge in [-0.3, -0.25) is 15.6 Å². The molecule has 0 saturated carbocycles. The zero-order chi connectivity index (χ0) is 21.0. The van der Waals surface area contributed by atoms with Gasteiger partial charge in [-0.15, -0.1) is 0 Å². The van der Waals surface area contributed by atoms with E-state index in [1.54, 1.807) is 22.9 Å². The molecular weight excluding hydrogens is 408 g/mol. The first-order valence-electron chi connectivity index (χ1n) is 8.22. The zero-order valence-electron chi connectivity index (χ0n) is 14.6. The van der Waals surface area contributed by atoms with Crippen LogP contribution < -0.4 is 16.2 Å². The van der Waals surface area contributed by atoms with Gasteiger partial charge < -0.3 is 9.88 Å². The van der Waals surface area contributed by atoms with Crippen LogP contribution in [-0.4, -0.2) is 15.6 Å². The number of halogens is 4. The number of rotatable bonds is 3. The number of hydrazine groups is 1. The third kappa shape index (κ3) is 5.11. The summed E-state index contributed by atoms with van der Waals surface area (Å²) >= 11 is 4.99. The lowest BCUT2D eigenvalue weighted by atomic mass is 10.2. The number of hydrogen-bond acceptors (Lipinski definition) is 2. The van der Waals surface area contributed by atoms with E-state index in [1.807, 2.05) is 0 Å². The highest BCUT2D eigenvalue weighted by molar-refractivity contribution is 7.80. The Morgan fingerprint density at radius 3 is 2.38 bits per heavy atom. The molecule has 0 unspecified atom stereocenters. The van der Waals surface area contributed by atoms with Crippen LogP contribution in [0.1, 0.15) is 16.1 Å². The quantitative estimate of drug-likeness (QED) is 0.335. The highest BCUT2D eigenvalue weighted by Gasteiger charge is 2.30. The first-order valence-corrected chi connectivity index (χ1v) is 8.63. The maximum Gasteiger partial charge on any atom is 0.416 e. The van der Waals surface area contributed by atoms with Crippen molar-refractivity contribution in [2.24, 2.45) is 0 Å². The second-order valence-corrected chi connectivity index (χ2v) is 6.26. The van der Waals surface area contributed by atoms with E-state index in [4.69, 9.17) is 12.2 Å². The molecule has 0 spiro atoms. The van der Waals surface area contributed by atoms with Gasteiger partial charge in [0.2, 0.25) is 0 Å². The normalized spacial score (nSPS) is 11.0. The van der Waals surface area contributed by atoms with Gasteiger partial charge in [-0.25, -0.2) is 4.39 Å². The van der Waals surface area contributed by atoms with E-state index < -0.39 is 23.5 Å². The van der Waals surface area contributed by atoms with Crippen LogP contribution in [0, 0.1) is 5.82 Å². The molecule has 1 heterocycles. The second-order valence-electron chi connectivity index (χ2n) is 5.85. The number of nitrogens with zero attached hydrogens (tertiary/aromatic N) is 1. The zero-order valence-corrected chi connectivity index (χ0v) is 15.4. The fourth-order valence-corrected chi connectivity index (χ4v) is 2.67. The SMILES string of the molecule is O=C(NNC(=S)Nc1cccc(C(F)(F)F)c1)c1cccn1-c1ccc(F)cc1. The fraction of sp³-hybridized carbons (Fsp3) is 0.0526. The van der Waals surface area contributed by atoms with Crippen LogP contribution in [0.5, 0.6) is 0 Å². The van der Waals surface area contributed by atoms with E-state index in [-0.39, 0.29) is 16.5 Å². The van der Waals surface area contributed by atoms with E-state index >= 15 is 0 Å². The van der Waals surface area contributed by atoms with Crippen molar-refractivity contribution >= 4 is 28.9 Å². The van der Waals surface area contributed by atoms with Gasteiger partial charge in [0, 0.05) is 17.6 Å². The number of anilines is 1. The third-order valence-electron chi connectivity index (χ3n) is 3.82. The topological polar surface area (TPSA) is 58.1 Å². The summed E-state index contributed by atoms with van der Waals surface area (Å²) in [7, 11) is 0. The van der Waals surface area contributed by atoms with E-state index in [9.17, 15) is 22.4 Å². The van der Waals surface area contributed by atoms with Crippen LogP contribution in [0.3, 0.4) is 0 Å². The minimum atomic E-state index is -4.48. The van der Waals surface area contributed by atoms with Crippen LogP contribution in [-0.2, 0) is 6.18 Å². The number of alkyl halides is 3. The number of amides is 1. The number of carbonyl (C=O) groups excluding carboxylic acids is 1. The molecule has 10 heteroatoms. The van der Waals surface area contributed by atoms with Gasteiger partial charge >= 0.3 is 6.18 Å². The predicted octanol–water partition coefficient (Wildman–Crippen LogP) is 4.27. The smallest absolute Gasteiger partial charge is 0.331 e. The lowest BCUT2D eigenvalue weighted by molar-refractivity contribution is -0.137. The van der Waals surface area contributed by atoms with E-state index in [0.717, 1.165) is 12.1 Å². The summed E-state index contributed by atoms with van der Waals surface area (Å²) < 4.78 is 52.9. The number of thiocarbonyl (C=S) groups is 1. The Kier molecular flexibility index (Phi) is 5.83. The number of nitrogens with one attached hydrogen (secondary N) is 3. The van der Waals surface area contributed by atoms with Gasteiger partial charge in [0.1, 0.15) is 11.5 Å². The molecule has 0 aliphatic carbocycles. The minimum absolute atomic E-state index is 0.0995. The lowest BCUT2D eigenvalue weighted by Gasteiger charge is -2.14. The van der Waals surface area contributed by atoms with Gasteiger partial charge in [-0.05, 0) is 66.8 Å². The van der Waals surface area contributed by atoms with Crippen molar-refractivity contribution in [2.45, 2.75) is 6.18 Å². The van der Waals surface area contributed by atoms with E-state index in [0.29, 0.717) is 5.69 Å². The summed E-state index contributed by atoms with van der Waals surface area (Å²) in [4.78, 5) is 12.4. The average molecular weight is 422 g/mol. The lowest BCUT2D eigenvalue weighted by Crippen LogP contribution is -2.44. The van der Waals surface area contributed by atoms with Crippen LogP contribution in [0.25, 0.3) is 5.69 Å². The van der Waals surface area contributed by atoms with E-state index in [1.165, 1.54) is 36.4 Å². The summed E-state index contributed by atoms with van der Waals surface area (Å²) in [5.41, 5.74) is 4.89. The standard InChI is InChI=1S/C19H14F4N4OS/c20-13-6-8-15(9-7-13)27-10-2-5-16(27)17(28)25-26-18(29)24-14-4-1-3-12(11-14)19(21,22)23/h1-11H,(H,25,28)(H2,24,26,29). The Bertz CT molecular complexity index is 1030. The summed E-state index contributed by atoms with van der Waals surface area (Å²) in [6, 6.07) is 13.2. The molecule has 1 aromatic heterocycles. The molecule has 3 rings (SSSR count). The Labute approximate surface area is 168 Å². The maximum atomic E-state index is 13.1. The van der Waals surface area contributed by atoms with Crippen LogP contribution in [0.4, 0.5) is 23.2 Å². The summed E-state index contributed by atoms with van der Waals surface area (Å²) in [6.45, 7) is 0. The molecule has 0 radical (unpaired) electrons. The van der Waals surface area contributed by atoms with Crippen LogP contribution >= 0.6 is 12.2 Å². The molecule has 150 valence electrons. The van der Waals surface area contributed by atoms with E-state index in [2.05, 4.69) is 16.2 Å². The Hall–Kier alpha value is -3.40. The largest absolute Gasteiger partial charge is 0.416 e. The highest BCUT2D eigenvalue weighted by Crippen LogP contribution is 2.30. The minimum Gasteiger partial charge on any atom is -0.331 e. The molecule has 2 aromatic carbocycles. The molecule has 0 aliphatic heterocycles. The highest BCUT2D eigenvalue weighted by atomic mass is 32.1. The first kappa shape index (κ1) is 20.3. The van der Waals surface area contributed by atoms with Crippen molar-refractivity contribution in [3.05, 3.63) is 83.9 Å². The molecule has 0 saturated heterocycles. The van der Waals surface area contributed by atoms with Crippen molar-refractivity contribution in [1.29, 1.82) is 0 Å². The maximum absolute atomic E-state index is 13.1. The summed E-state index contributed by atoms with van der Waals surface area (Å²) in [6.07, 6.45) is -2.85. The van der Waals surface area contributed by atoms with Crippen LogP contribution in [0.15, 0.2) is 66.9 Å². The number of carbonyl (C=O) groups is 1. The average Bonchev–Trinajstić information content (AvgIpc) is 3.16. The third-order valence-corrected chi connectivity index (χ3v) is 4.03. The second kappa shape index (κ2) is 8.31. The fourth-order valence-electron chi connectivity index (χ4n) is 2.51. The Morgan fingerprint density at radius 1 is 0.966 bits per heavy atom. The monoisotopic (exact) mass is 422 g/mol. The van der Waals surface area contributed by atoms with Crippen molar-refractivity contribution in [3.8, 4) is 5.69 Å². The summed E-state index contributed by atoms with van der Waals surface area (Å²) in [5, 5.41) is 2.47. The first-order chi connectivity index (χ1) is 13.7. The van der Waals surface area contributed by atoms with Crippen molar-refractivity contribution in [1.82, 2.24) is 15.4 Å². The Balaban J connectivity index is 1.62. The molecule has 0 fully saturated rings. The molecule has 3 N–H and O–H groups in total. The molecule has 29 heavy (non-hydrogen) atoms. The van der Waals surface area contributed by atoms with Crippen molar-refractivity contribution in [3.63, 3.8) is 0 Å². The van der Waals surface area contributed by atoms with Gasteiger partial charge in [-0.1, -0.05) is 6.07 Å². The molecule has 0 aliphatic rings. The number of benzene rings is 2. The molecule has 3 aromatic rings. The van der Waals surface area contributed by atoms with Crippen molar-refractivity contribution < 1.29 is 22.4 Å². The molecule has 5 nitrogen and oxygen atoms in total. The van der Waals surface area contributed by atoms with Gasteiger partial charge in [0.25, 0.3) is 5.91 Å². The van der Waals surface area contributed by atoms with Gasteiger partial charge in [0.05, 0.1) is 5.56 Å². The molecular formula is C19H14F4N4OS. The number of aromatic nitrogens is 1. The summed E-state index contributed by atoms with van der Waals surface area (Å²) in [5.74, 6) is -0.952. The van der Waals surface area contributed by atoms with Crippen molar-refractivity contribution in [2.75, 3.05) is 5.32 Å². The van der Waals surface area contributed by atoms with Gasteiger partial charge in [0.15, 0.2) is 5.11 Å². The Morgan fingerprint density at radius 2 is 1.69 bits per heavy atom. The van der Waals surface area contributed by atoms with Gasteiger partial charge in [-0.2, -0.15) is 13.2 Å². The molecule has 0 bridgehead atoms. The number of hydrogen-bond donors (Lipinski definition) is 3. The molecule has 1 amide bonds. The van der Waals surface area contributed by atoms with Crippen LogP contribution in [0.2, 0.25) is 0 Å². The molecule has 0 atom stereocenters.